The Kier molecular flexibility index (Phi) is 5.87. The fourth-order valence-corrected chi connectivity index (χ4v) is 4.05. The Labute approximate surface area is 152 Å². The summed E-state index contributed by atoms with van der Waals surface area (Å²) in [5.41, 5.74) is 0.748. The lowest BCUT2D eigenvalue weighted by molar-refractivity contribution is -0.120. The smallest absolute Gasteiger partial charge is 0.268 e. The summed E-state index contributed by atoms with van der Waals surface area (Å²) in [5.74, 6) is -0.208. The minimum Gasteiger partial charge on any atom is -0.352 e. The topological polar surface area (TPSA) is 49.4 Å². The summed E-state index contributed by atoms with van der Waals surface area (Å²) in [4.78, 5) is 28.8. The third-order valence-electron chi connectivity index (χ3n) is 4.54. The van der Waals surface area contributed by atoms with Gasteiger partial charge in [0.15, 0.2) is 0 Å². The number of rotatable bonds is 5. The minimum atomic E-state index is -0.122. The van der Waals surface area contributed by atoms with Crippen LogP contribution >= 0.6 is 11.3 Å². The normalized spacial score (nSPS) is 14.9. The van der Waals surface area contributed by atoms with Crippen LogP contribution in [0.15, 0.2) is 42.5 Å². The Hall–Kier alpha value is -2.14. The first kappa shape index (κ1) is 17.7. The maximum atomic E-state index is 12.9. The van der Waals surface area contributed by atoms with Crippen LogP contribution in [0.2, 0.25) is 0 Å². The molecule has 0 saturated heterocycles. The molecule has 2 amide bonds. The summed E-state index contributed by atoms with van der Waals surface area (Å²) in [6, 6.07) is 13.4. The number of nitrogens with zero attached hydrogens (tertiary/aromatic N) is 1. The molecule has 0 radical (unpaired) electrons. The van der Waals surface area contributed by atoms with Crippen LogP contribution in [-0.2, 0) is 4.79 Å². The number of anilines is 1. The highest BCUT2D eigenvalue weighted by Gasteiger charge is 2.23. The number of thiophene rings is 1. The van der Waals surface area contributed by atoms with Crippen LogP contribution < -0.4 is 10.2 Å². The Morgan fingerprint density at radius 3 is 2.44 bits per heavy atom. The van der Waals surface area contributed by atoms with Crippen LogP contribution in [0.3, 0.4) is 0 Å². The summed E-state index contributed by atoms with van der Waals surface area (Å²) < 4.78 is 0. The fraction of sp³-hybridized carbons (Fsp3) is 0.400. The molecule has 0 atom stereocenters. The molecule has 3 rings (SSSR count). The van der Waals surface area contributed by atoms with Gasteiger partial charge in [0.1, 0.15) is 6.54 Å². The quantitative estimate of drug-likeness (QED) is 0.875. The van der Waals surface area contributed by atoms with Crippen molar-refractivity contribution in [1.82, 2.24) is 5.32 Å². The molecule has 25 heavy (non-hydrogen) atoms. The summed E-state index contributed by atoms with van der Waals surface area (Å²) in [6.07, 6.45) is 5.66. The van der Waals surface area contributed by atoms with Gasteiger partial charge in [0, 0.05) is 16.6 Å². The average Bonchev–Trinajstić information content (AvgIpc) is 3.07. The van der Waals surface area contributed by atoms with E-state index in [1.54, 1.807) is 4.90 Å². The average molecular weight is 356 g/mol. The van der Waals surface area contributed by atoms with E-state index in [0.717, 1.165) is 23.4 Å². The molecule has 5 heteroatoms. The molecule has 1 heterocycles. The number of carbonyl (C=O) groups is 2. The summed E-state index contributed by atoms with van der Waals surface area (Å²) in [6.45, 7) is 2.03. The second-order valence-corrected chi connectivity index (χ2v) is 7.83. The largest absolute Gasteiger partial charge is 0.352 e. The van der Waals surface area contributed by atoms with E-state index in [2.05, 4.69) is 5.32 Å². The second kappa shape index (κ2) is 8.30. The number of carbonyl (C=O) groups excluding carboxylic acids is 2. The van der Waals surface area contributed by atoms with Crippen LogP contribution in [0.1, 0.15) is 46.7 Å². The molecule has 0 spiro atoms. The number of para-hydroxylation sites is 1. The molecular formula is C20H24N2O2S. The zero-order valence-electron chi connectivity index (χ0n) is 14.5. The van der Waals surface area contributed by atoms with Crippen LogP contribution in [0.25, 0.3) is 0 Å². The molecule has 4 nitrogen and oxygen atoms in total. The van der Waals surface area contributed by atoms with Gasteiger partial charge in [-0.05, 0) is 44.0 Å². The highest BCUT2D eigenvalue weighted by Crippen LogP contribution is 2.22. The van der Waals surface area contributed by atoms with Crippen molar-refractivity contribution < 1.29 is 9.59 Å². The van der Waals surface area contributed by atoms with Gasteiger partial charge in [-0.3, -0.25) is 14.5 Å². The van der Waals surface area contributed by atoms with Gasteiger partial charge in [0.25, 0.3) is 5.91 Å². The molecular weight excluding hydrogens is 332 g/mol. The van der Waals surface area contributed by atoms with E-state index < -0.39 is 0 Å². The summed E-state index contributed by atoms with van der Waals surface area (Å²) in [7, 11) is 0. The van der Waals surface area contributed by atoms with E-state index in [1.165, 1.54) is 30.6 Å². The van der Waals surface area contributed by atoms with Crippen molar-refractivity contribution in [3.63, 3.8) is 0 Å². The molecule has 132 valence electrons. The number of benzene rings is 1. The van der Waals surface area contributed by atoms with Crippen molar-refractivity contribution >= 4 is 28.8 Å². The van der Waals surface area contributed by atoms with Gasteiger partial charge in [-0.1, -0.05) is 37.5 Å². The van der Waals surface area contributed by atoms with E-state index in [1.807, 2.05) is 49.4 Å². The predicted molar refractivity (Wildman–Crippen MR) is 102 cm³/mol. The van der Waals surface area contributed by atoms with Crippen molar-refractivity contribution in [1.29, 1.82) is 0 Å². The molecule has 1 aliphatic rings. The van der Waals surface area contributed by atoms with Crippen molar-refractivity contribution in [2.75, 3.05) is 11.4 Å². The van der Waals surface area contributed by atoms with Gasteiger partial charge in [-0.25, -0.2) is 0 Å². The minimum absolute atomic E-state index is 0.0519. The molecule has 0 aliphatic heterocycles. The Balaban J connectivity index is 1.74. The van der Waals surface area contributed by atoms with Crippen molar-refractivity contribution in [2.24, 2.45) is 0 Å². The monoisotopic (exact) mass is 356 g/mol. The maximum Gasteiger partial charge on any atom is 0.268 e. The van der Waals surface area contributed by atoms with Crippen LogP contribution in [0.5, 0.6) is 0 Å². The van der Waals surface area contributed by atoms with Crippen LogP contribution in [0.4, 0.5) is 5.69 Å². The number of hydrogen-bond donors (Lipinski definition) is 1. The lowest BCUT2D eigenvalue weighted by atomic mass is 9.95. The van der Waals surface area contributed by atoms with Crippen molar-refractivity contribution in [2.45, 2.75) is 45.1 Å². The van der Waals surface area contributed by atoms with E-state index >= 15 is 0 Å². The molecule has 0 unspecified atom stereocenters. The predicted octanol–water partition coefficient (Wildman–Crippen LogP) is 4.15. The highest BCUT2D eigenvalue weighted by atomic mass is 32.1. The first-order valence-electron chi connectivity index (χ1n) is 8.86. The van der Waals surface area contributed by atoms with Gasteiger partial charge >= 0.3 is 0 Å². The Morgan fingerprint density at radius 1 is 1.08 bits per heavy atom. The number of hydrogen-bond acceptors (Lipinski definition) is 3. The van der Waals surface area contributed by atoms with Gasteiger partial charge in [0.2, 0.25) is 5.91 Å². The molecule has 0 bridgehead atoms. The Bertz CT molecular complexity index is 720. The number of aryl methyl sites for hydroxylation is 1. The van der Waals surface area contributed by atoms with Crippen LogP contribution in [0, 0.1) is 6.92 Å². The summed E-state index contributed by atoms with van der Waals surface area (Å²) in [5, 5.41) is 3.10. The standard InChI is InChI=1S/C20H24N2O2S/c1-15-12-13-18(25-15)20(24)22(17-10-6-3-7-11-17)14-19(23)21-16-8-4-2-5-9-16/h3,6-7,10-13,16H,2,4-5,8-9,14H2,1H3,(H,21,23). The van der Waals surface area contributed by atoms with E-state index in [-0.39, 0.29) is 24.4 Å². The zero-order chi connectivity index (χ0) is 17.6. The molecule has 1 saturated carbocycles. The first-order chi connectivity index (χ1) is 12.1. The van der Waals surface area contributed by atoms with E-state index in [0.29, 0.717) is 4.88 Å². The van der Waals surface area contributed by atoms with Crippen molar-refractivity contribution in [3.05, 3.63) is 52.2 Å². The number of nitrogens with one attached hydrogen (secondary N) is 1. The lowest BCUT2D eigenvalue weighted by Gasteiger charge is -2.26. The lowest BCUT2D eigenvalue weighted by Crippen LogP contribution is -2.44. The van der Waals surface area contributed by atoms with Gasteiger partial charge in [0.05, 0.1) is 4.88 Å². The summed E-state index contributed by atoms with van der Waals surface area (Å²) >= 11 is 1.46. The van der Waals surface area contributed by atoms with Gasteiger partial charge in [-0.2, -0.15) is 0 Å². The van der Waals surface area contributed by atoms with Crippen LogP contribution in [-0.4, -0.2) is 24.4 Å². The number of amides is 2. The second-order valence-electron chi connectivity index (χ2n) is 6.54. The third kappa shape index (κ3) is 4.69. The Morgan fingerprint density at radius 2 is 1.80 bits per heavy atom. The zero-order valence-corrected chi connectivity index (χ0v) is 15.3. The fourth-order valence-electron chi connectivity index (χ4n) is 3.23. The first-order valence-corrected chi connectivity index (χ1v) is 9.68. The third-order valence-corrected chi connectivity index (χ3v) is 5.52. The molecule has 2 aromatic rings. The van der Waals surface area contributed by atoms with E-state index in [4.69, 9.17) is 0 Å². The SMILES string of the molecule is Cc1ccc(C(=O)N(CC(=O)NC2CCCCC2)c2ccccc2)s1. The van der Waals surface area contributed by atoms with E-state index in [9.17, 15) is 9.59 Å². The molecule has 1 N–H and O–H groups in total. The highest BCUT2D eigenvalue weighted by molar-refractivity contribution is 7.14. The molecule has 1 aromatic heterocycles. The van der Waals surface area contributed by atoms with Gasteiger partial charge < -0.3 is 5.32 Å². The molecule has 1 aliphatic carbocycles. The maximum absolute atomic E-state index is 12.9. The molecule has 1 fully saturated rings. The molecule has 1 aromatic carbocycles. The van der Waals surface area contributed by atoms with Gasteiger partial charge in [-0.15, -0.1) is 11.3 Å². The van der Waals surface area contributed by atoms with Crippen molar-refractivity contribution in [3.8, 4) is 0 Å².